The fourth-order valence-corrected chi connectivity index (χ4v) is 2.30. The third-order valence-corrected chi connectivity index (χ3v) is 3.18. The van der Waals surface area contributed by atoms with Gasteiger partial charge in [0.1, 0.15) is 11.0 Å². The zero-order valence-electron chi connectivity index (χ0n) is 10.2. The maximum atomic E-state index is 11.9. The minimum absolute atomic E-state index is 0.162. The first-order valence-corrected chi connectivity index (χ1v) is 6.46. The van der Waals surface area contributed by atoms with E-state index < -0.39 is 0 Å². The van der Waals surface area contributed by atoms with E-state index in [1.54, 1.807) is 0 Å². The Morgan fingerprint density at radius 1 is 1.44 bits per heavy atom. The van der Waals surface area contributed by atoms with E-state index in [9.17, 15) is 4.79 Å². The maximum absolute atomic E-state index is 11.9. The second-order valence-electron chi connectivity index (χ2n) is 4.41. The number of anilines is 1. The summed E-state index contributed by atoms with van der Waals surface area (Å²) in [5.74, 6) is 0.0948. The maximum Gasteiger partial charge on any atom is 0.251 e. The molecule has 0 unspecified atom stereocenters. The zero-order valence-corrected chi connectivity index (χ0v) is 10.9. The smallest absolute Gasteiger partial charge is 0.251 e. The Bertz CT molecular complexity index is 412. The lowest BCUT2D eigenvalue weighted by Crippen LogP contribution is -2.33. The molecule has 0 aliphatic carbocycles. The lowest BCUT2D eigenvalue weighted by atomic mass is 10.2. The summed E-state index contributed by atoms with van der Waals surface area (Å²) in [5.41, 5.74) is 5.99. The van der Waals surface area contributed by atoms with E-state index in [4.69, 9.17) is 17.3 Å². The average molecular weight is 269 g/mol. The van der Waals surface area contributed by atoms with Crippen molar-refractivity contribution in [1.29, 1.82) is 0 Å². The van der Waals surface area contributed by atoms with Gasteiger partial charge in [-0.05, 0) is 38.1 Å². The Kier molecular flexibility index (Phi) is 4.38. The predicted octanol–water partition coefficient (Wildman–Crippen LogP) is 1.14. The van der Waals surface area contributed by atoms with Crippen LogP contribution < -0.4 is 11.1 Å². The van der Waals surface area contributed by atoms with Gasteiger partial charge in [0.15, 0.2) is 0 Å². The van der Waals surface area contributed by atoms with E-state index >= 15 is 0 Å². The normalized spacial score (nSPS) is 15.8. The van der Waals surface area contributed by atoms with Gasteiger partial charge in [-0.2, -0.15) is 0 Å². The van der Waals surface area contributed by atoms with Crippen LogP contribution in [0.1, 0.15) is 23.2 Å². The Morgan fingerprint density at radius 3 is 2.83 bits per heavy atom. The zero-order chi connectivity index (χ0) is 13.0. The lowest BCUT2D eigenvalue weighted by molar-refractivity contribution is 0.0949. The highest BCUT2D eigenvalue weighted by Gasteiger charge is 2.12. The summed E-state index contributed by atoms with van der Waals surface area (Å²) in [5, 5.41) is 3.09. The first-order chi connectivity index (χ1) is 8.65. The van der Waals surface area contributed by atoms with Crippen molar-refractivity contribution in [2.45, 2.75) is 12.8 Å². The fraction of sp³-hybridized carbons (Fsp3) is 0.500. The number of nitrogen functional groups attached to an aromatic ring is 1. The molecule has 1 aliphatic rings. The van der Waals surface area contributed by atoms with Crippen LogP contribution in [0, 0.1) is 0 Å². The number of aromatic nitrogens is 1. The van der Waals surface area contributed by atoms with Crippen molar-refractivity contribution in [1.82, 2.24) is 15.2 Å². The van der Waals surface area contributed by atoms with Gasteiger partial charge in [-0.25, -0.2) is 4.98 Å². The number of carbonyl (C=O) groups is 1. The Labute approximate surface area is 111 Å². The van der Waals surface area contributed by atoms with E-state index in [-0.39, 0.29) is 16.9 Å². The van der Waals surface area contributed by atoms with Gasteiger partial charge in [0.25, 0.3) is 5.91 Å². The van der Waals surface area contributed by atoms with Crippen LogP contribution in [0.15, 0.2) is 12.1 Å². The summed E-state index contributed by atoms with van der Waals surface area (Å²) in [6, 6.07) is 3.04. The van der Waals surface area contributed by atoms with Crippen molar-refractivity contribution in [3.63, 3.8) is 0 Å². The number of hydrogen-bond donors (Lipinski definition) is 2. The molecule has 1 saturated heterocycles. The molecule has 0 saturated carbocycles. The van der Waals surface area contributed by atoms with Crippen molar-refractivity contribution >= 4 is 23.3 Å². The molecule has 0 spiro atoms. The summed E-state index contributed by atoms with van der Waals surface area (Å²) in [6.07, 6.45) is 2.51. The molecule has 0 radical (unpaired) electrons. The molecule has 1 aromatic heterocycles. The van der Waals surface area contributed by atoms with Crippen molar-refractivity contribution in [3.05, 3.63) is 22.8 Å². The van der Waals surface area contributed by atoms with Crippen molar-refractivity contribution in [2.24, 2.45) is 0 Å². The molecule has 0 bridgehead atoms. The van der Waals surface area contributed by atoms with Crippen LogP contribution in [0.4, 0.5) is 5.82 Å². The number of pyridine rings is 1. The van der Waals surface area contributed by atoms with E-state index in [1.807, 2.05) is 0 Å². The van der Waals surface area contributed by atoms with E-state index in [0.717, 1.165) is 19.6 Å². The second-order valence-corrected chi connectivity index (χ2v) is 4.80. The third kappa shape index (κ3) is 3.58. The number of likely N-dealkylation sites (tertiary alicyclic amines) is 1. The SMILES string of the molecule is Nc1cc(C(=O)NCCN2CCCC2)cc(Cl)n1. The molecule has 1 aromatic rings. The molecule has 1 fully saturated rings. The van der Waals surface area contributed by atoms with Crippen molar-refractivity contribution in [2.75, 3.05) is 31.9 Å². The second kappa shape index (κ2) is 6.02. The topological polar surface area (TPSA) is 71.2 Å². The monoisotopic (exact) mass is 268 g/mol. The minimum Gasteiger partial charge on any atom is -0.384 e. The molecule has 1 amide bonds. The first kappa shape index (κ1) is 13.1. The molecule has 0 atom stereocenters. The van der Waals surface area contributed by atoms with Gasteiger partial charge in [0.2, 0.25) is 0 Å². The van der Waals surface area contributed by atoms with E-state index in [0.29, 0.717) is 12.1 Å². The number of nitrogens with zero attached hydrogens (tertiary/aromatic N) is 2. The highest BCUT2D eigenvalue weighted by atomic mass is 35.5. The molecule has 2 rings (SSSR count). The molecule has 1 aliphatic heterocycles. The van der Waals surface area contributed by atoms with Gasteiger partial charge in [-0.3, -0.25) is 4.79 Å². The molecule has 98 valence electrons. The predicted molar refractivity (Wildman–Crippen MR) is 71.7 cm³/mol. The van der Waals surface area contributed by atoms with Crippen LogP contribution in [0.5, 0.6) is 0 Å². The number of nitrogens with two attached hydrogens (primary N) is 1. The van der Waals surface area contributed by atoms with Crippen molar-refractivity contribution < 1.29 is 4.79 Å². The van der Waals surface area contributed by atoms with Gasteiger partial charge < -0.3 is 16.0 Å². The van der Waals surface area contributed by atoms with Gasteiger partial charge in [-0.15, -0.1) is 0 Å². The molecular weight excluding hydrogens is 252 g/mol. The molecule has 18 heavy (non-hydrogen) atoms. The fourth-order valence-electron chi connectivity index (χ4n) is 2.08. The summed E-state index contributed by atoms with van der Waals surface area (Å²) < 4.78 is 0. The third-order valence-electron chi connectivity index (χ3n) is 2.99. The lowest BCUT2D eigenvalue weighted by Gasteiger charge is -2.14. The number of halogens is 1. The Hall–Kier alpha value is -1.33. The molecule has 3 N–H and O–H groups in total. The van der Waals surface area contributed by atoms with Gasteiger partial charge >= 0.3 is 0 Å². The van der Waals surface area contributed by atoms with Crippen LogP contribution >= 0.6 is 11.6 Å². The summed E-state index contributed by atoms with van der Waals surface area (Å²) in [6.45, 7) is 3.78. The van der Waals surface area contributed by atoms with Gasteiger partial charge in [0, 0.05) is 18.7 Å². The number of hydrogen-bond acceptors (Lipinski definition) is 4. The minimum atomic E-state index is -0.162. The first-order valence-electron chi connectivity index (χ1n) is 6.09. The number of amides is 1. The van der Waals surface area contributed by atoms with E-state index in [1.165, 1.54) is 25.0 Å². The molecular formula is C12H17ClN4O. The van der Waals surface area contributed by atoms with Crippen LogP contribution in [0.2, 0.25) is 5.15 Å². The van der Waals surface area contributed by atoms with Crippen LogP contribution in [-0.2, 0) is 0 Å². The van der Waals surface area contributed by atoms with Crippen LogP contribution in [0.3, 0.4) is 0 Å². The molecule has 2 heterocycles. The van der Waals surface area contributed by atoms with E-state index in [2.05, 4.69) is 15.2 Å². The highest BCUT2D eigenvalue weighted by molar-refractivity contribution is 6.29. The van der Waals surface area contributed by atoms with Gasteiger partial charge in [0.05, 0.1) is 0 Å². The Balaban J connectivity index is 1.83. The summed E-state index contributed by atoms with van der Waals surface area (Å²) in [4.78, 5) is 18.0. The summed E-state index contributed by atoms with van der Waals surface area (Å²) in [7, 11) is 0. The molecule has 5 nitrogen and oxygen atoms in total. The summed E-state index contributed by atoms with van der Waals surface area (Å²) >= 11 is 5.75. The van der Waals surface area contributed by atoms with Gasteiger partial charge in [-0.1, -0.05) is 11.6 Å². The van der Waals surface area contributed by atoms with Crippen LogP contribution in [-0.4, -0.2) is 42.0 Å². The standard InChI is InChI=1S/C12H17ClN4O/c13-10-7-9(8-11(14)16-10)12(18)15-3-6-17-4-1-2-5-17/h7-8H,1-6H2,(H2,14,16)(H,15,18). The largest absolute Gasteiger partial charge is 0.384 e. The number of rotatable bonds is 4. The Morgan fingerprint density at radius 2 is 2.17 bits per heavy atom. The number of carbonyl (C=O) groups excluding carboxylic acids is 1. The van der Waals surface area contributed by atoms with Crippen LogP contribution in [0.25, 0.3) is 0 Å². The quantitative estimate of drug-likeness (QED) is 0.804. The van der Waals surface area contributed by atoms with Crippen molar-refractivity contribution in [3.8, 4) is 0 Å². The molecule has 6 heteroatoms. The highest BCUT2D eigenvalue weighted by Crippen LogP contribution is 2.12. The average Bonchev–Trinajstić information content (AvgIpc) is 2.80. The number of nitrogens with one attached hydrogen (secondary N) is 1. The molecule has 0 aromatic carbocycles.